The Balaban J connectivity index is 2.10. The predicted molar refractivity (Wildman–Crippen MR) is 90.3 cm³/mol. The molecular weight excluding hydrogens is 293 g/mol. The number of nitrogens with one attached hydrogen (secondary N) is 1. The Morgan fingerprint density at radius 2 is 1.83 bits per heavy atom. The van der Waals surface area contributed by atoms with Crippen LogP contribution in [-0.4, -0.2) is 12.0 Å². The molecule has 0 aliphatic heterocycles. The molecule has 0 bridgehead atoms. The lowest BCUT2D eigenvalue weighted by atomic mass is 9.86. The van der Waals surface area contributed by atoms with Gasteiger partial charge in [-0.25, -0.2) is 4.39 Å². The lowest BCUT2D eigenvalue weighted by Crippen LogP contribution is -2.31. The molecule has 1 unspecified atom stereocenters. The fourth-order valence-electron chi connectivity index (χ4n) is 2.24. The third kappa shape index (κ3) is 4.55. The summed E-state index contributed by atoms with van der Waals surface area (Å²) in [7, 11) is 0. The van der Waals surface area contributed by atoms with Crippen molar-refractivity contribution in [2.45, 2.75) is 39.2 Å². The number of hydrogen-bond acceptors (Lipinski definition) is 2. The predicted octanol–water partition coefficient (Wildman–Crippen LogP) is 4.53. The highest BCUT2D eigenvalue weighted by Crippen LogP contribution is 2.31. The highest BCUT2D eigenvalue weighted by molar-refractivity contribution is 5.94. The molecule has 0 aliphatic rings. The number of halogens is 1. The van der Waals surface area contributed by atoms with Crippen molar-refractivity contribution >= 4 is 11.6 Å². The van der Waals surface area contributed by atoms with Gasteiger partial charge in [0.25, 0.3) is 5.91 Å². The summed E-state index contributed by atoms with van der Waals surface area (Å²) in [5.41, 5.74) is 1.36. The van der Waals surface area contributed by atoms with Gasteiger partial charge in [0, 0.05) is 5.69 Å². The lowest BCUT2D eigenvalue weighted by Gasteiger charge is -2.24. The zero-order chi connectivity index (χ0) is 17.0. The van der Waals surface area contributed by atoms with Crippen LogP contribution >= 0.6 is 0 Å². The Bertz CT molecular complexity index is 692. The molecule has 0 saturated carbocycles. The van der Waals surface area contributed by atoms with Gasteiger partial charge in [0.2, 0.25) is 0 Å². The summed E-state index contributed by atoms with van der Waals surface area (Å²) < 4.78 is 19.0. The number of benzene rings is 2. The quantitative estimate of drug-likeness (QED) is 0.900. The number of carbonyl (C=O) groups excluding carboxylic acids is 1. The van der Waals surface area contributed by atoms with Gasteiger partial charge < -0.3 is 10.1 Å². The molecule has 0 aromatic heterocycles. The zero-order valence-corrected chi connectivity index (χ0v) is 13.9. The molecule has 4 heteroatoms. The first kappa shape index (κ1) is 17.0. The fourth-order valence-corrected chi connectivity index (χ4v) is 2.24. The standard InChI is InChI=1S/C19H22FNO2/c1-13(18(22)21-15-9-7-8-14(20)12-15)23-17-11-6-5-10-16(17)19(2,3)4/h5-13H,1-4H3,(H,21,22). The fraction of sp³-hybridized carbons (Fsp3) is 0.316. The van der Waals surface area contributed by atoms with Crippen molar-refractivity contribution in [2.75, 3.05) is 5.32 Å². The maximum absolute atomic E-state index is 13.2. The topological polar surface area (TPSA) is 38.3 Å². The second-order valence-electron chi connectivity index (χ2n) is 6.51. The van der Waals surface area contributed by atoms with E-state index in [1.165, 1.54) is 12.1 Å². The first-order valence-electron chi connectivity index (χ1n) is 7.60. The Morgan fingerprint density at radius 1 is 1.13 bits per heavy atom. The van der Waals surface area contributed by atoms with E-state index in [0.29, 0.717) is 11.4 Å². The van der Waals surface area contributed by atoms with E-state index < -0.39 is 11.9 Å². The summed E-state index contributed by atoms with van der Waals surface area (Å²) >= 11 is 0. The van der Waals surface area contributed by atoms with E-state index in [4.69, 9.17) is 4.74 Å². The number of anilines is 1. The summed E-state index contributed by atoms with van der Waals surface area (Å²) in [6.07, 6.45) is -0.693. The summed E-state index contributed by atoms with van der Waals surface area (Å²) in [4.78, 5) is 12.2. The molecule has 0 heterocycles. The van der Waals surface area contributed by atoms with Crippen LogP contribution in [0.5, 0.6) is 5.75 Å². The van der Waals surface area contributed by atoms with Crippen LogP contribution in [-0.2, 0) is 10.2 Å². The van der Waals surface area contributed by atoms with E-state index in [-0.39, 0.29) is 11.3 Å². The molecule has 0 fully saturated rings. The second-order valence-corrected chi connectivity index (χ2v) is 6.51. The molecule has 2 rings (SSSR count). The minimum Gasteiger partial charge on any atom is -0.481 e. The maximum Gasteiger partial charge on any atom is 0.265 e. The van der Waals surface area contributed by atoms with Gasteiger partial charge in [0.05, 0.1) is 0 Å². The zero-order valence-electron chi connectivity index (χ0n) is 13.9. The number of hydrogen-bond donors (Lipinski definition) is 1. The van der Waals surface area contributed by atoms with Crippen molar-refractivity contribution in [2.24, 2.45) is 0 Å². The van der Waals surface area contributed by atoms with E-state index >= 15 is 0 Å². The van der Waals surface area contributed by atoms with Gasteiger partial charge in [-0.2, -0.15) is 0 Å². The minimum atomic E-state index is -0.693. The average Bonchev–Trinajstić information content (AvgIpc) is 2.46. The van der Waals surface area contributed by atoms with Crippen molar-refractivity contribution < 1.29 is 13.9 Å². The Kier molecular flexibility index (Phi) is 5.04. The van der Waals surface area contributed by atoms with Crippen LogP contribution in [0, 0.1) is 5.82 Å². The van der Waals surface area contributed by atoms with E-state index in [1.54, 1.807) is 19.1 Å². The monoisotopic (exact) mass is 315 g/mol. The average molecular weight is 315 g/mol. The van der Waals surface area contributed by atoms with E-state index in [0.717, 1.165) is 5.56 Å². The highest BCUT2D eigenvalue weighted by atomic mass is 19.1. The molecule has 23 heavy (non-hydrogen) atoms. The number of para-hydroxylation sites is 1. The van der Waals surface area contributed by atoms with Gasteiger partial charge in [-0.3, -0.25) is 4.79 Å². The van der Waals surface area contributed by atoms with Crippen LogP contribution in [0.2, 0.25) is 0 Å². The van der Waals surface area contributed by atoms with Gasteiger partial charge in [-0.1, -0.05) is 45.0 Å². The Labute approximate surface area is 136 Å². The molecule has 3 nitrogen and oxygen atoms in total. The number of amides is 1. The molecule has 2 aromatic rings. The van der Waals surface area contributed by atoms with E-state index in [1.807, 2.05) is 24.3 Å². The van der Waals surface area contributed by atoms with Crippen LogP contribution < -0.4 is 10.1 Å². The number of carbonyl (C=O) groups is 1. The summed E-state index contributed by atoms with van der Waals surface area (Å²) in [6, 6.07) is 13.5. The van der Waals surface area contributed by atoms with Gasteiger partial charge in [0.1, 0.15) is 11.6 Å². The second kappa shape index (κ2) is 6.82. The van der Waals surface area contributed by atoms with E-state index in [2.05, 4.69) is 26.1 Å². The van der Waals surface area contributed by atoms with Gasteiger partial charge in [0.15, 0.2) is 6.10 Å². The number of ether oxygens (including phenoxy) is 1. The van der Waals surface area contributed by atoms with Crippen molar-refractivity contribution in [3.8, 4) is 5.75 Å². The van der Waals surface area contributed by atoms with Crippen molar-refractivity contribution in [3.05, 3.63) is 59.9 Å². The van der Waals surface area contributed by atoms with Crippen molar-refractivity contribution in [1.82, 2.24) is 0 Å². The summed E-state index contributed by atoms with van der Waals surface area (Å²) in [5, 5.41) is 2.66. The van der Waals surface area contributed by atoms with Crippen LogP contribution in [0.1, 0.15) is 33.3 Å². The smallest absolute Gasteiger partial charge is 0.265 e. The van der Waals surface area contributed by atoms with Crippen LogP contribution in [0.4, 0.5) is 10.1 Å². The highest BCUT2D eigenvalue weighted by Gasteiger charge is 2.22. The van der Waals surface area contributed by atoms with Gasteiger partial charge >= 0.3 is 0 Å². The van der Waals surface area contributed by atoms with E-state index in [9.17, 15) is 9.18 Å². The normalized spacial score (nSPS) is 12.6. The Hall–Kier alpha value is -2.36. The maximum atomic E-state index is 13.2. The number of rotatable bonds is 4. The third-order valence-corrected chi connectivity index (χ3v) is 3.46. The molecule has 0 spiro atoms. The van der Waals surface area contributed by atoms with Crippen LogP contribution in [0.15, 0.2) is 48.5 Å². The molecule has 0 saturated heterocycles. The first-order chi connectivity index (χ1) is 10.8. The molecule has 2 aromatic carbocycles. The first-order valence-corrected chi connectivity index (χ1v) is 7.60. The summed E-state index contributed by atoms with van der Waals surface area (Å²) in [5.74, 6) is -0.0318. The molecule has 1 amide bonds. The lowest BCUT2D eigenvalue weighted by molar-refractivity contribution is -0.122. The van der Waals surface area contributed by atoms with Crippen LogP contribution in [0.3, 0.4) is 0 Å². The Morgan fingerprint density at radius 3 is 2.48 bits per heavy atom. The van der Waals surface area contributed by atoms with Gasteiger partial charge in [-0.05, 0) is 42.2 Å². The largest absolute Gasteiger partial charge is 0.481 e. The van der Waals surface area contributed by atoms with Crippen molar-refractivity contribution in [3.63, 3.8) is 0 Å². The molecular formula is C19H22FNO2. The molecule has 1 N–H and O–H groups in total. The molecule has 0 aliphatic carbocycles. The third-order valence-electron chi connectivity index (χ3n) is 3.46. The molecule has 122 valence electrons. The SMILES string of the molecule is CC(Oc1ccccc1C(C)(C)C)C(=O)Nc1cccc(F)c1. The molecule has 0 radical (unpaired) electrons. The minimum absolute atomic E-state index is 0.0879. The van der Waals surface area contributed by atoms with Crippen molar-refractivity contribution in [1.29, 1.82) is 0 Å². The van der Waals surface area contributed by atoms with Crippen LogP contribution in [0.25, 0.3) is 0 Å². The van der Waals surface area contributed by atoms with Gasteiger partial charge in [-0.15, -0.1) is 0 Å². The summed E-state index contributed by atoms with van der Waals surface area (Å²) in [6.45, 7) is 7.94. The molecule has 1 atom stereocenters.